The van der Waals surface area contributed by atoms with Crippen LogP contribution in [0.2, 0.25) is 0 Å². The Kier molecular flexibility index (Phi) is 6.57. The quantitative estimate of drug-likeness (QED) is 0.688. The summed E-state index contributed by atoms with van der Waals surface area (Å²) >= 11 is 0. The van der Waals surface area contributed by atoms with Crippen LogP contribution in [0.1, 0.15) is 32.3 Å². The number of anilines is 2. The Labute approximate surface area is 154 Å². The van der Waals surface area contributed by atoms with Crippen LogP contribution in [0.15, 0.2) is 47.6 Å². The maximum atomic E-state index is 12.6. The smallest absolute Gasteiger partial charge is 0.328 e. The van der Waals surface area contributed by atoms with Crippen molar-refractivity contribution in [2.24, 2.45) is 0 Å². The molecule has 1 heterocycles. The Morgan fingerprint density at radius 1 is 1.19 bits per heavy atom. The zero-order valence-electron chi connectivity index (χ0n) is 15.1. The Balaban J connectivity index is 2.23. The van der Waals surface area contributed by atoms with Gasteiger partial charge in [-0.25, -0.2) is 17.9 Å². The molecule has 26 heavy (non-hydrogen) atoms. The van der Waals surface area contributed by atoms with E-state index in [0.717, 1.165) is 24.1 Å². The minimum atomic E-state index is -4.07. The first kappa shape index (κ1) is 19.7. The van der Waals surface area contributed by atoms with E-state index in [4.69, 9.17) is 0 Å². The van der Waals surface area contributed by atoms with E-state index in [2.05, 4.69) is 20.3 Å². The lowest BCUT2D eigenvalue weighted by Crippen LogP contribution is -2.44. The number of hydrogen-bond acceptors (Lipinski definition) is 5. The molecule has 2 amide bonds. The van der Waals surface area contributed by atoms with Crippen molar-refractivity contribution in [1.82, 2.24) is 15.0 Å². The minimum Gasteiger partial charge on any atom is -0.354 e. The average molecular weight is 376 g/mol. The third-order valence-electron chi connectivity index (χ3n) is 3.92. The van der Waals surface area contributed by atoms with Gasteiger partial charge < -0.3 is 10.6 Å². The fraction of sp³-hybridized carbons (Fsp3) is 0.333. The van der Waals surface area contributed by atoms with Crippen molar-refractivity contribution in [3.63, 3.8) is 0 Å². The van der Waals surface area contributed by atoms with E-state index in [0.29, 0.717) is 5.69 Å². The molecule has 140 valence electrons. The van der Waals surface area contributed by atoms with Gasteiger partial charge in [0.15, 0.2) is 0 Å². The summed E-state index contributed by atoms with van der Waals surface area (Å²) in [5.41, 5.74) is 2.12. The number of nitrogens with zero attached hydrogens (tertiary/aromatic N) is 1. The molecule has 0 radical (unpaired) electrons. The second kappa shape index (κ2) is 8.66. The number of rotatable bonds is 7. The van der Waals surface area contributed by atoms with Crippen molar-refractivity contribution < 1.29 is 13.2 Å². The van der Waals surface area contributed by atoms with Crippen LogP contribution in [0.25, 0.3) is 0 Å². The minimum absolute atomic E-state index is 0.0796. The molecule has 1 aromatic carbocycles. The normalized spacial score (nSPS) is 11.2. The topological polar surface area (TPSA) is 100 Å². The van der Waals surface area contributed by atoms with Crippen LogP contribution >= 0.6 is 0 Å². The van der Waals surface area contributed by atoms with Gasteiger partial charge in [0.1, 0.15) is 4.90 Å². The van der Waals surface area contributed by atoms with Crippen molar-refractivity contribution in [3.05, 3.63) is 48.3 Å². The molecule has 0 aliphatic carbocycles. The number of benzene rings is 1. The van der Waals surface area contributed by atoms with Crippen molar-refractivity contribution in [2.45, 2.75) is 44.6 Å². The van der Waals surface area contributed by atoms with Crippen molar-refractivity contribution in [2.75, 3.05) is 5.32 Å². The van der Waals surface area contributed by atoms with Gasteiger partial charge in [-0.2, -0.15) is 0 Å². The number of carbonyl (C=O) groups is 1. The molecule has 0 fully saturated rings. The molecule has 0 aliphatic rings. The first-order chi connectivity index (χ1) is 12.4. The van der Waals surface area contributed by atoms with E-state index >= 15 is 0 Å². The fourth-order valence-electron chi connectivity index (χ4n) is 2.46. The molecule has 3 N–H and O–H groups in total. The first-order valence-corrected chi connectivity index (χ1v) is 9.95. The highest BCUT2D eigenvalue weighted by Crippen LogP contribution is 2.24. The van der Waals surface area contributed by atoms with Gasteiger partial charge in [0.25, 0.3) is 10.0 Å². The maximum absolute atomic E-state index is 12.6. The Morgan fingerprint density at radius 3 is 2.58 bits per heavy atom. The Morgan fingerprint density at radius 2 is 1.92 bits per heavy atom. The number of aromatic nitrogens is 1. The third-order valence-corrected chi connectivity index (χ3v) is 5.28. The summed E-state index contributed by atoms with van der Waals surface area (Å²) in [4.78, 5) is 15.8. The van der Waals surface area contributed by atoms with Crippen LogP contribution in [-0.4, -0.2) is 25.5 Å². The second-order valence-electron chi connectivity index (χ2n) is 5.96. The lowest BCUT2D eigenvalue weighted by molar-refractivity contribution is 0.241. The van der Waals surface area contributed by atoms with Gasteiger partial charge >= 0.3 is 6.03 Å². The van der Waals surface area contributed by atoms with Crippen LogP contribution in [-0.2, 0) is 10.0 Å². The van der Waals surface area contributed by atoms with Crippen LogP contribution in [0, 0.1) is 6.92 Å². The second-order valence-corrected chi connectivity index (χ2v) is 7.61. The van der Waals surface area contributed by atoms with Crippen LogP contribution in [0.5, 0.6) is 0 Å². The number of urea groups is 1. The number of pyridine rings is 1. The number of amides is 2. The van der Waals surface area contributed by atoms with Gasteiger partial charge in [-0.15, -0.1) is 0 Å². The molecule has 2 aromatic rings. The molecule has 0 aliphatic heterocycles. The summed E-state index contributed by atoms with van der Waals surface area (Å²) in [5.74, 6) is 0. The molecule has 0 atom stereocenters. The predicted octanol–water partition coefficient (Wildman–Crippen LogP) is 3.31. The molecule has 0 saturated carbocycles. The largest absolute Gasteiger partial charge is 0.354 e. The van der Waals surface area contributed by atoms with E-state index in [1.54, 1.807) is 6.07 Å². The standard InChI is InChI=1S/C18H24N4O3S/c1-4-14(5-2)21-18(23)22-26(24,25)17-12-19-10-9-16(17)20-15-8-6-7-13(3)11-15/h6-12,14H,4-5H2,1-3H3,(H,19,20)(H2,21,22,23). The number of nitrogens with one attached hydrogen (secondary N) is 3. The van der Waals surface area contributed by atoms with Crippen LogP contribution in [0.4, 0.5) is 16.2 Å². The monoisotopic (exact) mass is 376 g/mol. The molecule has 0 spiro atoms. The Bertz CT molecular complexity index is 864. The summed E-state index contributed by atoms with van der Waals surface area (Å²) in [6, 6.07) is 8.26. The summed E-state index contributed by atoms with van der Waals surface area (Å²) in [6.07, 6.45) is 4.14. The van der Waals surface area contributed by atoms with E-state index in [1.165, 1.54) is 12.4 Å². The highest BCUT2D eigenvalue weighted by molar-refractivity contribution is 7.90. The van der Waals surface area contributed by atoms with Crippen molar-refractivity contribution in [3.8, 4) is 0 Å². The molecule has 8 heteroatoms. The van der Waals surface area contributed by atoms with Crippen LogP contribution in [0.3, 0.4) is 0 Å². The average Bonchev–Trinajstić information content (AvgIpc) is 2.59. The van der Waals surface area contributed by atoms with Gasteiger partial charge in [-0.05, 0) is 43.5 Å². The molecule has 0 saturated heterocycles. The SMILES string of the molecule is CCC(CC)NC(=O)NS(=O)(=O)c1cnccc1Nc1cccc(C)c1. The molecular formula is C18H24N4O3S. The maximum Gasteiger partial charge on any atom is 0.328 e. The molecule has 1 aromatic heterocycles. The lowest BCUT2D eigenvalue weighted by Gasteiger charge is -2.17. The van der Waals surface area contributed by atoms with Gasteiger partial charge in [0.05, 0.1) is 5.69 Å². The van der Waals surface area contributed by atoms with Crippen molar-refractivity contribution >= 4 is 27.4 Å². The molecular weight excluding hydrogens is 352 g/mol. The molecule has 0 bridgehead atoms. The summed E-state index contributed by atoms with van der Waals surface area (Å²) in [7, 11) is -4.07. The molecule has 7 nitrogen and oxygen atoms in total. The van der Waals surface area contributed by atoms with Gasteiger partial charge in [-0.1, -0.05) is 26.0 Å². The highest BCUT2D eigenvalue weighted by atomic mass is 32.2. The molecule has 2 rings (SSSR count). The van der Waals surface area contributed by atoms with E-state index in [-0.39, 0.29) is 10.9 Å². The zero-order chi connectivity index (χ0) is 19.2. The van der Waals surface area contributed by atoms with Gasteiger partial charge in [-0.3, -0.25) is 4.98 Å². The number of aryl methyl sites for hydroxylation is 1. The third kappa shape index (κ3) is 5.19. The summed E-state index contributed by atoms with van der Waals surface area (Å²) < 4.78 is 27.3. The summed E-state index contributed by atoms with van der Waals surface area (Å²) in [6.45, 7) is 5.79. The van der Waals surface area contributed by atoms with E-state index in [1.807, 2.05) is 45.0 Å². The first-order valence-electron chi connectivity index (χ1n) is 8.46. The van der Waals surface area contributed by atoms with E-state index < -0.39 is 16.1 Å². The molecule has 0 unspecified atom stereocenters. The van der Waals surface area contributed by atoms with Gasteiger partial charge in [0, 0.05) is 24.1 Å². The Hall–Kier alpha value is -2.61. The number of carbonyl (C=O) groups excluding carboxylic acids is 1. The zero-order valence-corrected chi connectivity index (χ0v) is 15.9. The predicted molar refractivity (Wildman–Crippen MR) is 102 cm³/mol. The highest BCUT2D eigenvalue weighted by Gasteiger charge is 2.22. The lowest BCUT2D eigenvalue weighted by atomic mass is 10.2. The van der Waals surface area contributed by atoms with E-state index in [9.17, 15) is 13.2 Å². The number of sulfonamides is 1. The van der Waals surface area contributed by atoms with Crippen molar-refractivity contribution in [1.29, 1.82) is 0 Å². The summed E-state index contributed by atoms with van der Waals surface area (Å²) in [5, 5.41) is 5.71. The van der Waals surface area contributed by atoms with Gasteiger partial charge in [0.2, 0.25) is 0 Å². The fourth-order valence-corrected chi connectivity index (χ4v) is 3.48. The van der Waals surface area contributed by atoms with Crippen LogP contribution < -0.4 is 15.4 Å². The number of hydrogen-bond donors (Lipinski definition) is 3.